The van der Waals surface area contributed by atoms with Crippen molar-refractivity contribution in [3.63, 3.8) is 0 Å². The molecular formula is C18H16FN3O2S. The summed E-state index contributed by atoms with van der Waals surface area (Å²) in [5.41, 5.74) is 1.48. The lowest BCUT2D eigenvalue weighted by atomic mass is 10.1. The maximum absolute atomic E-state index is 12.9. The average molecular weight is 357 g/mol. The van der Waals surface area contributed by atoms with Crippen LogP contribution in [0.25, 0.3) is 11.5 Å². The second-order valence-corrected chi connectivity index (χ2v) is 6.56. The molecule has 7 heteroatoms. The van der Waals surface area contributed by atoms with Crippen molar-refractivity contribution in [2.75, 3.05) is 11.1 Å². The summed E-state index contributed by atoms with van der Waals surface area (Å²) in [6.07, 6.45) is 0.214. The summed E-state index contributed by atoms with van der Waals surface area (Å²) in [4.78, 5) is 13.3. The fourth-order valence-electron chi connectivity index (χ4n) is 2.20. The van der Waals surface area contributed by atoms with Crippen molar-refractivity contribution in [1.29, 1.82) is 0 Å². The van der Waals surface area contributed by atoms with Crippen LogP contribution in [0.2, 0.25) is 0 Å². The Balaban J connectivity index is 1.60. The first-order valence-corrected chi connectivity index (χ1v) is 8.73. The quantitative estimate of drug-likeness (QED) is 0.671. The lowest BCUT2D eigenvalue weighted by Gasteiger charge is -2.03. The minimum Gasteiger partial charge on any atom is -0.403 e. The molecule has 1 N–H and O–H groups in total. The van der Waals surface area contributed by atoms with E-state index in [0.29, 0.717) is 5.56 Å². The summed E-state index contributed by atoms with van der Waals surface area (Å²) in [7, 11) is 0. The molecule has 5 nitrogen and oxygen atoms in total. The van der Waals surface area contributed by atoms with Crippen molar-refractivity contribution in [3.05, 3.63) is 59.9 Å². The van der Waals surface area contributed by atoms with Gasteiger partial charge in [-0.1, -0.05) is 24.2 Å². The molecule has 0 unspecified atom stereocenters. The molecule has 0 bridgehead atoms. The van der Waals surface area contributed by atoms with Gasteiger partial charge in [0.1, 0.15) is 5.82 Å². The van der Waals surface area contributed by atoms with E-state index in [9.17, 15) is 9.18 Å². The van der Waals surface area contributed by atoms with Crippen molar-refractivity contribution >= 4 is 23.7 Å². The van der Waals surface area contributed by atoms with Crippen LogP contribution in [0.4, 0.5) is 10.4 Å². The monoisotopic (exact) mass is 357 g/mol. The summed E-state index contributed by atoms with van der Waals surface area (Å²) >= 11 is 1.75. The van der Waals surface area contributed by atoms with Crippen LogP contribution in [0.1, 0.15) is 12.5 Å². The molecule has 128 valence electrons. The molecule has 0 saturated heterocycles. The van der Waals surface area contributed by atoms with Gasteiger partial charge in [-0.25, -0.2) is 4.39 Å². The van der Waals surface area contributed by atoms with Crippen molar-refractivity contribution in [1.82, 2.24) is 10.2 Å². The Morgan fingerprint density at radius 2 is 1.84 bits per heavy atom. The van der Waals surface area contributed by atoms with Crippen LogP contribution in [-0.4, -0.2) is 21.9 Å². The molecule has 0 fully saturated rings. The predicted molar refractivity (Wildman–Crippen MR) is 94.9 cm³/mol. The van der Waals surface area contributed by atoms with Gasteiger partial charge in [-0.05, 0) is 47.7 Å². The number of carbonyl (C=O) groups is 1. The van der Waals surface area contributed by atoms with Crippen LogP contribution in [0, 0.1) is 5.82 Å². The van der Waals surface area contributed by atoms with Crippen LogP contribution in [0.3, 0.4) is 0 Å². The average Bonchev–Trinajstić information content (AvgIpc) is 3.06. The van der Waals surface area contributed by atoms with Gasteiger partial charge in [0.2, 0.25) is 11.8 Å². The molecule has 1 aromatic heterocycles. The standard InChI is InChI=1S/C18H16FN3O2S/c1-2-25-15-9-3-12(4-10-15)11-16(23)20-18-22-21-17(24-18)13-5-7-14(19)8-6-13/h3-10H,2,11H2,1H3,(H,20,22,23). The zero-order valence-corrected chi connectivity index (χ0v) is 14.3. The number of halogens is 1. The third-order valence-corrected chi connectivity index (χ3v) is 4.26. The SMILES string of the molecule is CCSc1ccc(CC(=O)Nc2nnc(-c3ccc(F)cc3)o2)cc1. The third-order valence-electron chi connectivity index (χ3n) is 3.36. The van der Waals surface area contributed by atoms with Crippen molar-refractivity contribution in [2.45, 2.75) is 18.2 Å². The maximum Gasteiger partial charge on any atom is 0.322 e. The molecule has 25 heavy (non-hydrogen) atoms. The number of hydrogen-bond donors (Lipinski definition) is 1. The van der Waals surface area contributed by atoms with Gasteiger partial charge in [-0.2, -0.15) is 0 Å². The number of rotatable bonds is 6. The summed E-state index contributed by atoms with van der Waals surface area (Å²) in [5.74, 6) is 0.634. The van der Waals surface area contributed by atoms with E-state index in [4.69, 9.17) is 4.42 Å². The molecule has 1 amide bonds. The molecule has 0 aliphatic heterocycles. The highest BCUT2D eigenvalue weighted by Crippen LogP contribution is 2.21. The van der Waals surface area contributed by atoms with Gasteiger partial charge in [0.25, 0.3) is 0 Å². The van der Waals surface area contributed by atoms with Gasteiger partial charge >= 0.3 is 6.01 Å². The van der Waals surface area contributed by atoms with Gasteiger partial charge < -0.3 is 4.42 Å². The van der Waals surface area contributed by atoms with Crippen LogP contribution < -0.4 is 5.32 Å². The molecule has 1 heterocycles. The zero-order valence-electron chi connectivity index (χ0n) is 13.5. The third kappa shape index (κ3) is 4.67. The number of anilines is 1. The first-order chi connectivity index (χ1) is 12.1. The van der Waals surface area contributed by atoms with E-state index in [-0.39, 0.29) is 30.1 Å². The smallest absolute Gasteiger partial charge is 0.322 e. The number of carbonyl (C=O) groups excluding carboxylic acids is 1. The first kappa shape index (κ1) is 17.2. The van der Waals surface area contributed by atoms with Crippen molar-refractivity contribution in [2.24, 2.45) is 0 Å². The normalized spacial score (nSPS) is 10.6. The number of thioether (sulfide) groups is 1. The maximum atomic E-state index is 12.9. The number of amides is 1. The van der Waals surface area contributed by atoms with E-state index in [1.54, 1.807) is 11.8 Å². The number of nitrogens with zero attached hydrogens (tertiary/aromatic N) is 2. The molecular weight excluding hydrogens is 341 g/mol. The molecule has 3 rings (SSSR count). The lowest BCUT2D eigenvalue weighted by Crippen LogP contribution is -2.14. The number of nitrogens with one attached hydrogen (secondary N) is 1. The van der Waals surface area contributed by atoms with Crippen molar-refractivity contribution < 1.29 is 13.6 Å². The van der Waals surface area contributed by atoms with Gasteiger partial charge in [-0.3, -0.25) is 10.1 Å². The van der Waals surface area contributed by atoms with E-state index < -0.39 is 0 Å². The van der Waals surface area contributed by atoms with E-state index in [1.807, 2.05) is 24.3 Å². The number of aromatic nitrogens is 2. The topological polar surface area (TPSA) is 68.0 Å². The highest BCUT2D eigenvalue weighted by atomic mass is 32.2. The van der Waals surface area contributed by atoms with Gasteiger partial charge in [-0.15, -0.1) is 16.9 Å². The van der Waals surface area contributed by atoms with Gasteiger partial charge in [0.15, 0.2) is 0 Å². The minimum absolute atomic E-state index is 0.0162. The zero-order chi connectivity index (χ0) is 17.6. The van der Waals surface area contributed by atoms with E-state index in [0.717, 1.165) is 11.3 Å². The Hall–Kier alpha value is -2.67. The molecule has 0 aliphatic rings. The molecule has 2 aromatic carbocycles. The Bertz CT molecular complexity index is 848. The Labute approximate surface area is 148 Å². The second-order valence-electron chi connectivity index (χ2n) is 5.22. The van der Waals surface area contributed by atoms with Crippen molar-refractivity contribution in [3.8, 4) is 11.5 Å². The van der Waals surface area contributed by atoms with Crippen LogP contribution in [0.15, 0.2) is 57.8 Å². The molecule has 0 saturated carbocycles. The fraction of sp³-hybridized carbons (Fsp3) is 0.167. The number of hydrogen-bond acceptors (Lipinski definition) is 5. The predicted octanol–water partition coefficient (Wildman–Crippen LogP) is 4.17. The Kier molecular flexibility index (Phi) is 5.45. The van der Waals surface area contributed by atoms with E-state index >= 15 is 0 Å². The molecule has 0 atom stereocenters. The molecule has 3 aromatic rings. The largest absolute Gasteiger partial charge is 0.403 e. The summed E-state index contributed by atoms with van der Waals surface area (Å²) < 4.78 is 18.3. The van der Waals surface area contributed by atoms with Crippen LogP contribution in [0.5, 0.6) is 0 Å². The summed E-state index contributed by atoms with van der Waals surface area (Å²) in [6, 6.07) is 13.5. The van der Waals surface area contributed by atoms with Gasteiger partial charge in [0.05, 0.1) is 6.42 Å². The highest BCUT2D eigenvalue weighted by molar-refractivity contribution is 7.99. The first-order valence-electron chi connectivity index (χ1n) is 7.75. The van der Waals surface area contributed by atoms with Crippen LogP contribution in [-0.2, 0) is 11.2 Å². The fourth-order valence-corrected chi connectivity index (χ4v) is 2.86. The summed E-state index contributed by atoms with van der Waals surface area (Å²) in [6.45, 7) is 2.09. The minimum atomic E-state index is -0.347. The highest BCUT2D eigenvalue weighted by Gasteiger charge is 2.12. The van der Waals surface area contributed by atoms with E-state index in [2.05, 4.69) is 22.4 Å². The summed E-state index contributed by atoms with van der Waals surface area (Å²) in [5, 5.41) is 10.2. The second kappa shape index (κ2) is 7.94. The molecule has 0 spiro atoms. The Morgan fingerprint density at radius 1 is 1.12 bits per heavy atom. The molecule has 0 aliphatic carbocycles. The van der Waals surface area contributed by atoms with Gasteiger partial charge in [0, 0.05) is 10.5 Å². The van der Waals surface area contributed by atoms with E-state index in [1.165, 1.54) is 29.2 Å². The Morgan fingerprint density at radius 3 is 2.52 bits per heavy atom. The molecule has 0 radical (unpaired) electrons. The lowest BCUT2D eigenvalue weighted by molar-refractivity contribution is -0.115. The number of benzene rings is 2. The van der Waals surface area contributed by atoms with Crippen LogP contribution >= 0.6 is 11.8 Å².